The number of amides is 1. The summed E-state index contributed by atoms with van der Waals surface area (Å²) in [6.07, 6.45) is 0. The number of carbonyl (C=O) groups excluding carboxylic acids is 1. The van der Waals surface area contributed by atoms with Crippen molar-refractivity contribution in [3.63, 3.8) is 0 Å². The molecule has 0 aliphatic rings. The minimum Gasteiger partial charge on any atom is -0.493 e. The monoisotopic (exact) mass is 356 g/mol. The Morgan fingerprint density at radius 1 is 0.962 bits per heavy atom. The van der Waals surface area contributed by atoms with Crippen LogP contribution in [0.5, 0.6) is 11.5 Å². The van der Waals surface area contributed by atoms with E-state index in [1.165, 1.54) is 5.56 Å². The third-order valence-electron chi connectivity index (χ3n) is 4.14. The summed E-state index contributed by atoms with van der Waals surface area (Å²) in [5.74, 6) is 1.25. The summed E-state index contributed by atoms with van der Waals surface area (Å²) in [6, 6.07) is 13.8. The van der Waals surface area contributed by atoms with Crippen LogP contribution in [-0.2, 0) is 16.8 Å². The van der Waals surface area contributed by atoms with E-state index in [1.807, 2.05) is 30.3 Å². The molecular formula is C21H28N2O3. The first-order valence-corrected chi connectivity index (χ1v) is 8.65. The summed E-state index contributed by atoms with van der Waals surface area (Å²) < 4.78 is 10.5. The maximum atomic E-state index is 12.1. The molecule has 1 amide bonds. The summed E-state index contributed by atoms with van der Waals surface area (Å²) in [6.45, 7) is 7.19. The Kier molecular flexibility index (Phi) is 6.50. The van der Waals surface area contributed by atoms with E-state index < -0.39 is 0 Å². The van der Waals surface area contributed by atoms with Crippen LogP contribution in [0.4, 0.5) is 5.69 Å². The van der Waals surface area contributed by atoms with Crippen LogP contribution in [0.2, 0.25) is 0 Å². The molecule has 0 radical (unpaired) electrons. The van der Waals surface area contributed by atoms with Gasteiger partial charge in [-0.3, -0.25) is 4.79 Å². The minimum absolute atomic E-state index is 0.0697. The normalized spacial score (nSPS) is 11.0. The number of rotatable bonds is 7. The minimum atomic E-state index is -0.0697. The number of carbonyl (C=O) groups is 1. The lowest BCUT2D eigenvalue weighted by atomic mass is 9.87. The van der Waals surface area contributed by atoms with Gasteiger partial charge in [0.25, 0.3) is 0 Å². The van der Waals surface area contributed by atoms with Crippen molar-refractivity contribution in [1.29, 1.82) is 0 Å². The number of nitrogens with one attached hydrogen (secondary N) is 2. The Hall–Kier alpha value is -2.69. The van der Waals surface area contributed by atoms with Gasteiger partial charge in [0.05, 0.1) is 20.8 Å². The fraction of sp³-hybridized carbons (Fsp3) is 0.381. The molecule has 2 aromatic carbocycles. The van der Waals surface area contributed by atoms with Crippen molar-refractivity contribution in [2.75, 3.05) is 26.1 Å². The molecule has 26 heavy (non-hydrogen) atoms. The summed E-state index contributed by atoms with van der Waals surface area (Å²) in [4.78, 5) is 12.1. The highest BCUT2D eigenvalue weighted by Crippen LogP contribution is 2.27. The van der Waals surface area contributed by atoms with Crippen molar-refractivity contribution >= 4 is 11.6 Å². The van der Waals surface area contributed by atoms with Gasteiger partial charge >= 0.3 is 0 Å². The molecule has 0 saturated carbocycles. The van der Waals surface area contributed by atoms with Gasteiger partial charge in [-0.05, 0) is 40.8 Å². The molecule has 5 nitrogen and oxygen atoms in total. The van der Waals surface area contributed by atoms with Gasteiger partial charge in [0, 0.05) is 12.2 Å². The predicted molar refractivity (Wildman–Crippen MR) is 105 cm³/mol. The third-order valence-corrected chi connectivity index (χ3v) is 4.14. The molecule has 0 fully saturated rings. The lowest BCUT2D eigenvalue weighted by Gasteiger charge is -2.19. The molecule has 140 valence electrons. The topological polar surface area (TPSA) is 59.6 Å². The predicted octanol–water partition coefficient (Wildman–Crippen LogP) is 3.73. The molecule has 2 aromatic rings. The van der Waals surface area contributed by atoms with E-state index in [-0.39, 0.29) is 17.9 Å². The fourth-order valence-electron chi connectivity index (χ4n) is 2.52. The van der Waals surface area contributed by atoms with Crippen molar-refractivity contribution in [1.82, 2.24) is 5.32 Å². The second-order valence-electron chi connectivity index (χ2n) is 7.15. The first-order valence-electron chi connectivity index (χ1n) is 8.65. The maximum Gasteiger partial charge on any atom is 0.239 e. The Morgan fingerprint density at radius 3 is 2.19 bits per heavy atom. The molecule has 5 heteroatoms. The van der Waals surface area contributed by atoms with Crippen LogP contribution >= 0.6 is 0 Å². The van der Waals surface area contributed by atoms with Crippen LogP contribution in [0.3, 0.4) is 0 Å². The molecule has 0 atom stereocenters. The van der Waals surface area contributed by atoms with E-state index in [1.54, 1.807) is 14.2 Å². The summed E-state index contributed by atoms with van der Waals surface area (Å²) in [7, 11) is 3.19. The molecule has 0 bridgehead atoms. The van der Waals surface area contributed by atoms with Crippen molar-refractivity contribution < 1.29 is 14.3 Å². The van der Waals surface area contributed by atoms with Gasteiger partial charge in [-0.25, -0.2) is 0 Å². The van der Waals surface area contributed by atoms with E-state index in [0.29, 0.717) is 18.0 Å². The maximum absolute atomic E-state index is 12.1. The van der Waals surface area contributed by atoms with E-state index in [0.717, 1.165) is 11.3 Å². The van der Waals surface area contributed by atoms with E-state index in [4.69, 9.17) is 9.47 Å². The molecule has 0 aromatic heterocycles. The first kappa shape index (κ1) is 19.6. The Balaban J connectivity index is 1.84. The number of benzene rings is 2. The zero-order valence-corrected chi connectivity index (χ0v) is 16.2. The Bertz CT molecular complexity index is 734. The van der Waals surface area contributed by atoms with Crippen LogP contribution in [0, 0.1) is 0 Å². The Labute approximate surface area is 155 Å². The SMILES string of the molecule is COc1ccc(CNC(=O)CNc2ccc(C(C)(C)C)cc2)cc1OC. The molecular weight excluding hydrogens is 328 g/mol. The van der Waals surface area contributed by atoms with Crippen LogP contribution < -0.4 is 20.1 Å². The van der Waals surface area contributed by atoms with Gasteiger partial charge in [-0.15, -0.1) is 0 Å². The highest BCUT2D eigenvalue weighted by molar-refractivity contribution is 5.80. The number of hydrogen-bond acceptors (Lipinski definition) is 4. The largest absolute Gasteiger partial charge is 0.493 e. The molecule has 0 aliphatic heterocycles. The van der Waals surface area contributed by atoms with E-state index in [2.05, 4.69) is 43.5 Å². The molecule has 0 saturated heterocycles. The third kappa shape index (κ3) is 5.41. The summed E-state index contributed by atoms with van der Waals surface area (Å²) >= 11 is 0. The standard InChI is InChI=1S/C21H28N2O3/c1-21(2,3)16-7-9-17(10-8-16)22-14-20(24)23-13-15-6-11-18(25-4)19(12-15)26-5/h6-12,22H,13-14H2,1-5H3,(H,23,24). The van der Waals surface area contributed by atoms with Gasteiger partial charge in [0.2, 0.25) is 5.91 Å². The average Bonchev–Trinajstić information content (AvgIpc) is 2.64. The second kappa shape index (κ2) is 8.61. The molecule has 0 unspecified atom stereocenters. The highest BCUT2D eigenvalue weighted by atomic mass is 16.5. The molecule has 0 spiro atoms. The average molecular weight is 356 g/mol. The van der Waals surface area contributed by atoms with E-state index >= 15 is 0 Å². The second-order valence-corrected chi connectivity index (χ2v) is 7.15. The lowest BCUT2D eigenvalue weighted by molar-refractivity contribution is -0.119. The summed E-state index contributed by atoms with van der Waals surface area (Å²) in [5.41, 5.74) is 3.26. The smallest absolute Gasteiger partial charge is 0.239 e. The highest BCUT2D eigenvalue weighted by Gasteiger charge is 2.13. The van der Waals surface area contributed by atoms with Gasteiger partial charge in [-0.2, -0.15) is 0 Å². The fourth-order valence-corrected chi connectivity index (χ4v) is 2.52. The zero-order valence-electron chi connectivity index (χ0n) is 16.2. The molecule has 2 N–H and O–H groups in total. The van der Waals surface area contributed by atoms with Crippen LogP contribution in [0.1, 0.15) is 31.9 Å². The lowest BCUT2D eigenvalue weighted by Crippen LogP contribution is -2.29. The van der Waals surface area contributed by atoms with Crippen LogP contribution in [0.15, 0.2) is 42.5 Å². The van der Waals surface area contributed by atoms with Gasteiger partial charge in [0.1, 0.15) is 0 Å². The number of hydrogen-bond donors (Lipinski definition) is 2. The zero-order chi connectivity index (χ0) is 19.2. The van der Waals surface area contributed by atoms with Crippen molar-refractivity contribution in [3.05, 3.63) is 53.6 Å². The Morgan fingerprint density at radius 2 is 1.62 bits per heavy atom. The molecule has 0 aliphatic carbocycles. The number of ether oxygens (including phenoxy) is 2. The first-order chi connectivity index (χ1) is 12.3. The summed E-state index contributed by atoms with van der Waals surface area (Å²) in [5, 5.41) is 6.04. The van der Waals surface area contributed by atoms with Crippen molar-refractivity contribution in [2.45, 2.75) is 32.7 Å². The van der Waals surface area contributed by atoms with Gasteiger partial charge < -0.3 is 20.1 Å². The van der Waals surface area contributed by atoms with Gasteiger partial charge in [0.15, 0.2) is 11.5 Å². The van der Waals surface area contributed by atoms with E-state index in [9.17, 15) is 4.79 Å². The molecule has 2 rings (SSSR count). The molecule has 0 heterocycles. The van der Waals surface area contributed by atoms with Crippen LogP contribution in [-0.4, -0.2) is 26.7 Å². The number of methoxy groups -OCH3 is 2. The quantitative estimate of drug-likeness (QED) is 0.794. The van der Waals surface area contributed by atoms with Gasteiger partial charge in [-0.1, -0.05) is 39.0 Å². The van der Waals surface area contributed by atoms with Crippen LogP contribution in [0.25, 0.3) is 0 Å². The number of anilines is 1. The van der Waals surface area contributed by atoms with Crippen molar-refractivity contribution in [2.24, 2.45) is 0 Å². The van der Waals surface area contributed by atoms with Crippen molar-refractivity contribution in [3.8, 4) is 11.5 Å².